The molecule has 0 radical (unpaired) electrons. The standard InChI is InChI=1S/C24H34O2/c1-5-16-26-23-20(6-2)17-21(18-24(23,7-3)8-4)22(25)15-14-19-12-10-9-11-13-19/h9-15,25H,5-8,16-18H2,1-4H3/b15-14+,22-21+. The number of rotatable bonds is 8. The third-order valence-electron chi connectivity index (χ3n) is 5.61. The molecule has 1 N–H and O–H groups in total. The van der Waals surface area contributed by atoms with E-state index in [9.17, 15) is 5.11 Å². The van der Waals surface area contributed by atoms with Crippen LogP contribution < -0.4 is 0 Å². The normalized spacial score (nSPS) is 19.1. The lowest BCUT2D eigenvalue weighted by Crippen LogP contribution is -2.30. The molecule has 1 aromatic rings. The summed E-state index contributed by atoms with van der Waals surface area (Å²) in [6.07, 6.45) is 9.61. The highest BCUT2D eigenvalue weighted by Crippen LogP contribution is 2.49. The summed E-state index contributed by atoms with van der Waals surface area (Å²) in [4.78, 5) is 0. The topological polar surface area (TPSA) is 29.5 Å². The van der Waals surface area contributed by atoms with Crippen molar-refractivity contribution >= 4 is 6.08 Å². The van der Waals surface area contributed by atoms with Gasteiger partial charge < -0.3 is 9.84 Å². The zero-order chi connectivity index (χ0) is 19.0. The van der Waals surface area contributed by atoms with Crippen LogP contribution in [0.1, 0.15) is 71.8 Å². The lowest BCUT2D eigenvalue weighted by molar-refractivity contribution is 0.104. The van der Waals surface area contributed by atoms with E-state index in [1.807, 2.05) is 42.5 Å². The quantitative estimate of drug-likeness (QED) is 0.500. The second kappa shape index (κ2) is 9.66. The molecule has 26 heavy (non-hydrogen) atoms. The maximum Gasteiger partial charge on any atom is 0.115 e. The number of aliphatic hydroxyl groups is 1. The van der Waals surface area contributed by atoms with Crippen LogP contribution in [-0.2, 0) is 4.74 Å². The average molecular weight is 355 g/mol. The van der Waals surface area contributed by atoms with E-state index < -0.39 is 0 Å². The van der Waals surface area contributed by atoms with Crippen molar-refractivity contribution in [1.29, 1.82) is 0 Å². The molecule has 0 aromatic heterocycles. The molecule has 142 valence electrons. The fourth-order valence-corrected chi connectivity index (χ4v) is 3.87. The molecule has 1 aromatic carbocycles. The van der Waals surface area contributed by atoms with Gasteiger partial charge in [0.1, 0.15) is 11.5 Å². The van der Waals surface area contributed by atoms with Gasteiger partial charge in [-0.2, -0.15) is 0 Å². The molecule has 0 saturated heterocycles. The van der Waals surface area contributed by atoms with Crippen LogP contribution in [0.3, 0.4) is 0 Å². The highest BCUT2D eigenvalue weighted by Gasteiger charge is 2.39. The van der Waals surface area contributed by atoms with Crippen molar-refractivity contribution in [2.75, 3.05) is 6.61 Å². The maximum absolute atomic E-state index is 10.8. The molecule has 0 spiro atoms. The molecule has 0 fully saturated rings. The predicted octanol–water partition coefficient (Wildman–Crippen LogP) is 7.20. The van der Waals surface area contributed by atoms with E-state index in [4.69, 9.17) is 4.74 Å². The first-order valence-corrected chi connectivity index (χ1v) is 10.1. The molecule has 0 unspecified atom stereocenters. The zero-order valence-electron chi connectivity index (χ0n) is 16.8. The Balaban J connectivity index is 2.37. The summed E-state index contributed by atoms with van der Waals surface area (Å²) in [5.74, 6) is 1.62. The highest BCUT2D eigenvalue weighted by atomic mass is 16.5. The van der Waals surface area contributed by atoms with Crippen molar-refractivity contribution in [3.05, 3.63) is 64.6 Å². The number of aliphatic hydroxyl groups excluding tert-OH is 1. The van der Waals surface area contributed by atoms with Gasteiger partial charge in [-0.1, -0.05) is 64.1 Å². The van der Waals surface area contributed by atoms with Crippen LogP contribution in [0.4, 0.5) is 0 Å². The van der Waals surface area contributed by atoms with E-state index in [1.165, 1.54) is 11.3 Å². The van der Waals surface area contributed by atoms with Crippen LogP contribution in [0.15, 0.2) is 59.1 Å². The van der Waals surface area contributed by atoms with Crippen molar-refractivity contribution in [2.45, 2.75) is 66.2 Å². The van der Waals surface area contributed by atoms with Crippen molar-refractivity contribution in [3.63, 3.8) is 0 Å². The third-order valence-corrected chi connectivity index (χ3v) is 5.61. The molecular weight excluding hydrogens is 320 g/mol. The van der Waals surface area contributed by atoms with Crippen LogP contribution in [0, 0.1) is 5.41 Å². The number of hydrogen-bond donors (Lipinski definition) is 1. The summed E-state index contributed by atoms with van der Waals surface area (Å²) in [6, 6.07) is 10.1. The molecule has 2 rings (SSSR count). The smallest absolute Gasteiger partial charge is 0.115 e. The molecule has 0 bridgehead atoms. The van der Waals surface area contributed by atoms with Gasteiger partial charge in [-0.3, -0.25) is 0 Å². The van der Waals surface area contributed by atoms with E-state index >= 15 is 0 Å². The summed E-state index contributed by atoms with van der Waals surface area (Å²) in [7, 11) is 0. The summed E-state index contributed by atoms with van der Waals surface area (Å²) < 4.78 is 6.25. The molecule has 0 aliphatic heterocycles. The molecule has 0 saturated carbocycles. The SMILES string of the molecule is CCCOC1=C(CC)C/C(=C(O)/C=C/c2ccccc2)CC1(CC)CC. The Kier molecular flexibility index (Phi) is 7.56. The molecule has 0 amide bonds. The Labute approximate surface area is 159 Å². The van der Waals surface area contributed by atoms with Gasteiger partial charge in [0.15, 0.2) is 0 Å². The van der Waals surface area contributed by atoms with E-state index in [2.05, 4.69) is 27.7 Å². The van der Waals surface area contributed by atoms with Crippen molar-refractivity contribution < 1.29 is 9.84 Å². The average Bonchev–Trinajstić information content (AvgIpc) is 2.70. The fourth-order valence-electron chi connectivity index (χ4n) is 3.87. The lowest BCUT2D eigenvalue weighted by atomic mass is 9.68. The molecule has 0 heterocycles. The van der Waals surface area contributed by atoms with Crippen molar-refractivity contribution in [1.82, 2.24) is 0 Å². The van der Waals surface area contributed by atoms with Gasteiger partial charge in [0.25, 0.3) is 0 Å². The number of benzene rings is 1. The Bertz CT molecular complexity index is 661. The van der Waals surface area contributed by atoms with Gasteiger partial charge in [0, 0.05) is 5.41 Å². The van der Waals surface area contributed by atoms with Gasteiger partial charge in [-0.05, 0) is 61.3 Å². The maximum atomic E-state index is 10.8. The lowest BCUT2D eigenvalue weighted by Gasteiger charge is -2.40. The van der Waals surface area contributed by atoms with Gasteiger partial charge >= 0.3 is 0 Å². The minimum atomic E-state index is 0.0165. The van der Waals surface area contributed by atoms with Crippen LogP contribution in [0.25, 0.3) is 6.08 Å². The summed E-state index contributed by atoms with van der Waals surface area (Å²) in [6.45, 7) is 9.61. The Hall–Kier alpha value is -1.96. The molecule has 2 heteroatoms. The Morgan fingerprint density at radius 3 is 2.38 bits per heavy atom. The van der Waals surface area contributed by atoms with Gasteiger partial charge in [0.2, 0.25) is 0 Å². The van der Waals surface area contributed by atoms with Gasteiger partial charge in [0.05, 0.1) is 6.61 Å². The molecule has 2 nitrogen and oxygen atoms in total. The van der Waals surface area contributed by atoms with Crippen LogP contribution >= 0.6 is 0 Å². The Morgan fingerprint density at radius 1 is 1.12 bits per heavy atom. The minimum Gasteiger partial charge on any atom is -0.508 e. The fraction of sp³-hybridized carbons (Fsp3) is 0.500. The minimum absolute atomic E-state index is 0.0165. The van der Waals surface area contributed by atoms with Crippen molar-refractivity contribution in [3.8, 4) is 0 Å². The van der Waals surface area contributed by atoms with E-state index in [1.54, 1.807) is 0 Å². The monoisotopic (exact) mass is 354 g/mol. The molecule has 1 aliphatic rings. The van der Waals surface area contributed by atoms with Crippen LogP contribution in [0.5, 0.6) is 0 Å². The first-order valence-electron chi connectivity index (χ1n) is 10.1. The van der Waals surface area contributed by atoms with E-state index in [-0.39, 0.29) is 5.41 Å². The summed E-state index contributed by atoms with van der Waals surface area (Å²) >= 11 is 0. The van der Waals surface area contributed by atoms with Crippen LogP contribution in [-0.4, -0.2) is 11.7 Å². The van der Waals surface area contributed by atoms with Gasteiger partial charge in [-0.15, -0.1) is 0 Å². The second-order valence-corrected chi connectivity index (χ2v) is 7.21. The Morgan fingerprint density at radius 2 is 1.81 bits per heavy atom. The first kappa shape index (κ1) is 20.4. The molecule has 1 aliphatic carbocycles. The molecule has 0 atom stereocenters. The second-order valence-electron chi connectivity index (χ2n) is 7.21. The number of hydrogen-bond acceptors (Lipinski definition) is 2. The van der Waals surface area contributed by atoms with Crippen LogP contribution in [0.2, 0.25) is 0 Å². The third kappa shape index (κ3) is 4.60. The van der Waals surface area contributed by atoms with Gasteiger partial charge in [-0.25, -0.2) is 0 Å². The molecular formula is C24H34O2. The summed E-state index contributed by atoms with van der Waals surface area (Å²) in [5, 5.41) is 10.8. The number of ether oxygens (including phenoxy) is 1. The van der Waals surface area contributed by atoms with E-state index in [0.717, 1.165) is 56.3 Å². The number of allylic oxidation sites excluding steroid dienone is 4. The largest absolute Gasteiger partial charge is 0.508 e. The highest BCUT2D eigenvalue weighted by molar-refractivity contribution is 5.52. The van der Waals surface area contributed by atoms with E-state index in [0.29, 0.717) is 5.76 Å². The zero-order valence-corrected chi connectivity index (χ0v) is 16.8. The predicted molar refractivity (Wildman–Crippen MR) is 111 cm³/mol. The first-order chi connectivity index (χ1) is 12.6. The summed E-state index contributed by atoms with van der Waals surface area (Å²) in [5.41, 5.74) is 3.61. The van der Waals surface area contributed by atoms with Crippen molar-refractivity contribution in [2.24, 2.45) is 5.41 Å².